The lowest BCUT2D eigenvalue weighted by Crippen LogP contribution is -2.26. The third kappa shape index (κ3) is 5.29. The molecule has 0 atom stereocenters. The van der Waals surface area contributed by atoms with Gasteiger partial charge in [0, 0.05) is 19.1 Å². The molecule has 0 unspecified atom stereocenters. The summed E-state index contributed by atoms with van der Waals surface area (Å²) in [6.07, 6.45) is 3.47. The van der Waals surface area contributed by atoms with Gasteiger partial charge in [-0.25, -0.2) is 9.37 Å². The van der Waals surface area contributed by atoms with E-state index in [-0.39, 0.29) is 17.8 Å². The molecule has 0 bridgehead atoms. The van der Waals surface area contributed by atoms with Crippen molar-refractivity contribution in [3.05, 3.63) is 88.9 Å². The number of hydrogen-bond acceptors (Lipinski definition) is 4. The molecule has 1 aliphatic rings. The van der Waals surface area contributed by atoms with E-state index >= 15 is 0 Å². The molecule has 4 rings (SSSR count). The van der Waals surface area contributed by atoms with Crippen molar-refractivity contribution in [2.75, 3.05) is 0 Å². The number of amides is 1. The van der Waals surface area contributed by atoms with Gasteiger partial charge in [0.25, 0.3) is 5.91 Å². The minimum absolute atomic E-state index is 0.188. The smallest absolute Gasteiger partial charge is 0.273 e. The van der Waals surface area contributed by atoms with Crippen LogP contribution in [0.5, 0.6) is 0 Å². The van der Waals surface area contributed by atoms with Gasteiger partial charge in [-0.05, 0) is 48.6 Å². The van der Waals surface area contributed by atoms with Crippen LogP contribution in [-0.2, 0) is 19.6 Å². The zero-order valence-corrected chi connectivity index (χ0v) is 16.4. The summed E-state index contributed by atoms with van der Waals surface area (Å²) in [5.74, 6) is 0.0475. The second-order valence-corrected chi connectivity index (χ2v) is 7.57. The predicted octanol–water partition coefficient (Wildman–Crippen LogP) is 4.22. The molecule has 1 amide bonds. The maximum atomic E-state index is 13.3. The van der Waals surface area contributed by atoms with E-state index in [1.807, 2.05) is 12.1 Å². The number of carbonyl (C=O) groups excluding carboxylic acids is 1. The lowest BCUT2D eigenvalue weighted by Gasteiger charge is -2.22. The second-order valence-electron chi connectivity index (χ2n) is 7.57. The van der Waals surface area contributed by atoms with Crippen LogP contribution in [0.25, 0.3) is 0 Å². The van der Waals surface area contributed by atoms with Crippen molar-refractivity contribution in [1.29, 1.82) is 0 Å². The SMILES string of the molecule is Cc1ccccc1CN(Cc1ccc(F)cc1)Cc1nc(C(=O)NC2CC2)co1. The number of halogens is 1. The van der Waals surface area contributed by atoms with E-state index in [2.05, 4.69) is 34.3 Å². The molecule has 1 N–H and O–H groups in total. The first kappa shape index (κ1) is 19.3. The Bertz CT molecular complexity index is 980. The maximum Gasteiger partial charge on any atom is 0.273 e. The number of aryl methyl sites for hydroxylation is 1. The van der Waals surface area contributed by atoms with Gasteiger partial charge in [0.1, 0.15) is 12.1 Å². The molecule has 1 saturated carbocycles. The van der Waals surface area contributed by atoms with E-state index in [9.17, 15) is 9.18 Å². The van der Waals surface area contributed by atoms with Crippen molar-refractivity contribution in [3.8, 4) is 0 Å². The van der Waals surface area contributed by atoms with Gasteiger partial charge in [-0.1, -0.05) is 36.4 Å². The molecule has 3 aromatic rings. The van der Waals surface area contributed by atoms with Gasteiger partial charge in [0.15, 0.2) is 5.69 Å². The summed E-state index contributed by atoms with van der Waals surface area (Å²) in [5, 5.41) is 2.92. The van der Waals surface area contributed by atoms with Crippen LogP contribution in [0.1, 0.15) is 45.9 Å². The van der Waals surface area contributed by atoms with Crippen LogP contribution in [0, 0.1) is 12.7 Å². The zero-order valence-electron chi connectivity index (χ0n) is 16.4. The summed E-state index contributed by atoms with van der Waals surface area (Å²) in [6, 6.07) is 15.0. The molecule has 1 heterocycles. The van der Waals surface area contributed by atoms with Crippen LogP contribution in [0.15, 0.2) is 59.2 Å². The van der Waals surface area contributed by atoms with E-state index in [1.165, 1.54) is 29.5 Å². The highest BCUT2D eigenvalue weighted by atomic mass is 19.1. The molecule has 0 aliphatic heterocycles. The first-order valence-corrected chi connectivity index (χ1v) is 9.83. The van der Waals surface area contributed by atoms with Crippen LogP contribution in [0.4, 0.5) is 4.39 Å². The highest BCUT2D eigenvalue weighted by Crippen LogP contribution is 2.20. The van der Waals surface area contributed by atoms with Crippen LogP contribution >= 0.6 is 0 Å². The topological polar surface area (TPSA) is 58.4 Å². The van der Waals surface area contributed by atoms with E-state index in [0.29, 0.717) is 31.2 Å². The van der Waals surface area contributed by atoms with Crippen LogP contribution in [0.3, 0.4) is 0 Å². The average molecular weight is 393 g/mol. The van der Waals surface area contributed by atoms with Crippen molar-refractivity contribution >= 4 is 5.91 Å². The molecule has 150 valence electrons. The van der Waals surface area contributed by atoms with Gasteiger partial charge in [-0.2, -0.15) is 0 Å². The summed E-state index contributed by atoms with van der Waals surface area (Å²) < 4.78 is 18.8. The Labute approximate surface area is 169 Å². The summed E-state index contributed by atoms with van der Waals surface area (Å²) in [4.78, 5) is 18.7. The average Bonchev–Trinajstić information content (AvgIpc) is 3.40. The maximum absolute atomic E-state index is 13.3. The normalized spacial score (nSPS) is 13.6. The fourth-order valence-corrected chi connectivity index (χ4v) is 3.21. The number of carbonyl (C=O) groups is 1. The largest absolute Gasteiger partial charge is 0.447 e. The van der Waals surface area contributed by atoms with E-state index < -0.39 is 0 Å². The molecule has 0 radical (unpaired) electrons. The summed E-state index contributed by atoms with van der Waals surface area (Å²) in [6.45, 7) is 3.83. The van der Waals surface area contributed by atoms with Crippen molar-refractivity contribution in [2.45, 2.75) is 45.4 Å². The Balaban J connectivity index is 1.49. The van der Waals surface area contributed by atoms with Gasteiger partial charge >= 0.3 is 0 Å². The zero-order chi connectivity index (χ0) is 20.2. The Morgan fingerprint density at radius 3 is 2.62 bits per heavy atom. The summed E-state index contributed by atoms with van der Waals surface area (Å²) in [5.41, 5.74) is 3.71. The Morgan fingerprint density at radius 1 is 1.14 bits per heavy atom. The van der Waals surface area contributed by atoms with Crippen LogP contribution < -0.4 is 5.32 Å². The molecule has 0 spiro atoms. The van der Waals surface area contributed by atoms with Gasteiger partial charge in [-0.3, -0.25) is 9.69 Å². The molecule has 6 heteroatoms. The highest BCUT2D eigenvalue weighted by molar-refractivity contribution is 5.92. The number of nitrogens with zero attached hydrogens (tertiary/aromatic N) is 2. The quantitative estimate of drug-likeness (QED) is 0.623. The minimum atomic E-state index is -0.252. The van der Waals surface area contributed by atoms with E-state index in [0.717, 1.165) is 18.4 Å². The standard InChI is InChI=1S/C23H24FN3O2/c1-16-4-2-3-5-18(16)13-27(12-17-6-8-19(24)9-7-17)14-22-26-21(15-29-22)23(28)25-20-10-11-20/h2-9,15,20H,10-14H2,1H3,(H,25,28). The van der Waals surface area contributed by atoms with Gasteiger partial charge < -0.3 is 9.73 Å². The third-order valence-electron chi connectivity index (χ3n) is 5.03. The summed E-state index contributed by atoms with van der Waals surface area (Å²) in [7, 11) is 0. The highest BCUT2D eigenvalue weighted by Gasteiger charge is 2.25. The number of aromatic nitrogens is 1. The van der Waals surface area contributed by atoms with Gasteiger partial charge in [0.05, 0.1) is 6.54 Å². The van der Waals surface area contributed by atoms with E-state index in [1.54, 1.807) is 12.1 Å². The number of nitrogens with one attached hydrogen (secondary N) is 1. The van der Waals surface area contributed by atoms with Crippen molar-refractivity contribution < 1.29 is 13.6 Å². The number of benzene rings is 2. The second kappa shape index (κ2) is 8.57. The van der Waals surface area contributed by atoms with Crippen molar-refractivity contribution in [1.82, 2.24) is 15.2 Å². The molecule has 5 nitrogen and oxygen atoms in total. The molecule has 1 fully saturated rings. The Hall–Kier alpha value is -2.99. The fraction of sp³-hybridized carbons (Fsp3) is 0.304. The van der Waals surface area contributed by atoms with Crippen LogP contribution in [0.2, 0.25) is 0 Å². The molecule has 1 aromatic heterocycles. The summed E-state index contributed by atoms with van der Waals surface area (Å²) >= 11 is 0. The molecule has 1 aliphatic carbocycles. The fourth-order valence-electron chi connectivity index (χ4n) is 3.21. The lowest BCUT2D eigenvalue weighted by molar-refractivity contribution is 0.0946. The van der Waals surface area contributed by atoms with Crippen molar-refractivity contribution in [2.24, 2.45) is 0 Å². The number of rotatable bonds is 8. The lowest BCUT2D eigenvalue weighted by atomic mass is 10.1. The molecule has 2 aromatic carbocycles. The van der Waals surface area contributed by atoms with E-state index in [4.69, 9.17) is 4.42 Å². The Morgan fingerprint density at radius 2 is 1.90 bits per heavy atom. The van der Waals surface area contributed by atoms with Crippen molar-refractivity contribution in [3.63, 3.8) is 0 Å². The predicted molar refractivity (Wildman–Crippen MR) is 108 cm³/mol. The minimum Gasteiger partial charge on any atom is -0.447 e. The molecule has 29 heavy (non-hydrogen) atoms. The van der Waals surface area contributed by atoms with Gasteiger partial charge in [-0.15, -0.1) is 0 Å². The molecular weight excluding hydrogens is 369 g/mol. The molecule has 0 saturated heterocycles. The first-order valence-electron chi connectivity index (χ1n) is 9.83. The first-order chi connectivity index (χ1) is 14.1. The third-order valence-corrected chi connectivity index (χ3v) is 5.03. The Kier molecular flexibility index (Phi) is 5.71. The number of oxazole rings is 1. The number of hydrogen-bond donors (Lipinski definition) is 1. The van der Waals surface area contributed by atoms with Gasteiger partial charge in [0.2, 0.25) is 5.89 Å². The molecular formula is C23H24FN3O2. The monoisotopic (exact) mass is 393 g/mol. The van der Waals surface area contributed by atoms with Crippen LogP contribution in [-0.4, -0.2) is 21.8 Å².